The highest BCUT2D eigenvalue weighted by atomic mass is 16.6. The van der Waals surface area contributed by atoms with Crippen molar-refractivity contribution < 1.29 is 29.3 Å². The van der Waals surface area contributed by atoms with Gasteiger partial charge in [0.25, 0.3) is 0 Å². The number of para-hydroxylation sites is 2. The molecule has 2 aromatic rings. The number of nitrogens with one attached hydrogen (secondary N) is 1. The fraction of sp³-hybridized carbons (Fsp3) is 0.227. The summed E-state index contributed by atoms with van der Waals surface area (Å²) in [6, 6.07) is 19.2. The van der Waals surface area contributed by atoms with Crippen LogP contribution >= 0.6 is 0 Å². The first-order valence-electron chi connectivity index (χ1n) is 9.43. The van der Waals surface area contributed by atoms with Gasteiger partial charge in [-0.05, 0) is 43.7 Å². The molecule has 0 aromatic heterocycles. The van der Waals surface area contributed by atoms with Crippen molar-refractivity contribution in [3.63, 3.8) is 0 Å². The molecule has 1 heterocycles. The second-order valence-corrected chi connectivity index (χ2v) is 6.37. The van der Waals surface area contributed by atoms with Crippen LogP contribution in [0.3, 0.4) is 0 Å². The monoisotopic (exact) mass is 412 g/mol. The van der Waals surface area contributed by atoms with Crippen molar-refractivity contribution in [3.05, 3.63) is 72.8 Å². The van der Waals surface area contributed by atoms with E-state index in [2.05, 4.69) is 5.32 Å². The van der Waals surface area contributed by atoms with Gasteiger partial charge in [0.2, 0.25) is 0 Å². The number of ether oxygens (including phenoxy) is 1. The molecular weight excluding hydrogens is 388 g/mol. The number of piperidine rings is 1. The molecule has 158 valence electrons. The lowest BCUT2D eigenvalue weighted by molar-refractivity contribution is -0.134. The van der Waals surface area contributed by atoms with Crippen LogP contribution in [0.1, 0.15) is 12.8 Å². The molecule has 0 bridgehead atoms. The average Bonchev–Trinajstić information content (AvgIpc) is 2.75. The quantitative estimate of drug-likeness (QED) is 0.644. The lowest BCUT2D eigenvalue weighted by atomic mass is 10.1. The summed E-state index contributed by atoms with van der Waals surface area (Å²) < 4.78 is 5.69. The molecule has 1 saturated heterocycles. The highest BCUT2D eigenvalue weighted by Crippen LogP contribution is 2.26. The minimum Gasteiger partial charge on any atom is -0.478 e. The number of amides is 1. The Morgan fingerprint density at radius 1 is 0.900 bits per heavy atom. The third kappa shape index (κ3) is 7.76. The Kier molecular flexibility index (Phi) is 9.08. The predicted octanol–water partition coefficient (Wildman–Crippen LogP) is 3.43. The average molecular weight is 412 g/mol. The van der Waals surface area contributed by atoms with Crippen LogP contribution in [0.15, 0.2) is 72.8 Å². The summed E-state index contributed by atoms with van der Waals surface area (Å²) in [7, 11) is 0. The molecular formula is C22H24N2O6. The molecule has 30 heavy (non-hydrogen) atoms. The number of carbonyl (C=O) groups is 3. The number of anilines is 2. The van der Waals surface area contributed by atoms with Gasteiger partial charge in [-0.25, -0.2) is 19.3 Å². The Labute approximate surface area is 174 Å². The Bertz CT molecular complexity index is 793. The van der Waals surface area contributed by atoms with Gasteiger partial charge in [-0.2, -0.15) is 0 Å². The number of rotatable bonds is 5. The van der Waals surface area contributed by atoms with Crippen LogP contribution < -0.4 is 10.2 Å². The number of hydrogen-bond acceptors (Lipinski definition) is 5. The molecule has 1 amide bonds. The first-order valence-corrected chi connectivity index (χ1v) is 9.43. The van der Waals surface area contributed by atoms with Crippen molar-refractivity contribution in [2.45, 2.75) is 18.9 Å². The Morgan fingerprint density at radius 3 is 1.80 bits per heavy atom. The molecule has 1 unspecified atom stereocenters. The number of carboxylic acid groups (broad SMARTS) is 2. The molecule has 1 aliphatic heterocycles. The lowest BCUT2D eigenvalue weighted by Crippen LogP contribution is -2.39. The summed E-state index contributed by atoms with van der Waals surface area (Å²) >= 11 is 0. The molecule has 0 spiro atoms. The zero-order chi connectivity index (χ0) is 21.8. The van der Waals surface area contributed by atoms with E-state index in [1.54, 1.807) is 4.90 Å². The largest absolute Gasteiger partial charge is 0.478 e. The van der Waals surface area contributed by atoms with Crippen LogP contribution in [0.2, 0.25) is 0 Å². The fourth-order valence-corrected chi connectivity index (χ4v) is 2.77. The zero-order valence-electron chi connectivity index (χ0n) is 16.3. The normalized spacial score (nSPS) is 15.5. The standard InChI is InChI=1S/C18H20N2O2.C4H4O4/c21-18(22-17-12-7-13-19-14-17)20(15-8-3-1-4-9-15)16-10-5-2-6-11-16;5-3(6)1-2-4(7)8/h1-6,8-11,17,19H,7,12-14H2;1-2H,(H,5,6)(H,7,8)/b;2-1-. The molecule has 0 saturated carbocycles. The summed E-state index contributed by atoms with van der Waals surface area (Å²) in [6.07, 6.45) is 2.68. The fourth-order valence-electron chi connectivity index (χ4n) is 2.77. The van der Waals surface area contributed by atoms with Crippen molar-refractivity contribution in [2.24, 2.45) is 0 Å². The number of carbonyl (C=O) groups excluding carboxylic acids is 1. The summed E-state index contributed by atoms with van der Waals surface area (Å²) in [5.41, 5.74) is 1.62. The first kappa shape index (κ1) is 22.6. The molecule has 3 N–H and O–H groups in total. The minimum atomic E-state index is -1.26. The number of benzene rings is 2. The van der Waals surface area contributed by atoms with Crippen LogP contribution in [-0.2, 0) is 14.3 Å². The van der Waals surface area contributed by atoms with E-state index in [1.807, 2.05) is 60.7 Å². The van der Waals surface area contributed by atoms with Gasteiger partial charge in [0.15, 0.2) is 0 Å². The molecule has 2 aromatic carbocycles. The number of hydrogen-bond donors (Lipinski definition) is 3. The van der Waals surface area contributed by atoms with Gasteiger partial charge in [0, 0.05) is 18.7 Å². The molecule has 8 nitrogen and oxygen atoms in total. The Balaban J connectivity index is 0.000000343. The van der Waals surface area contributed by atoms with Crippen LogP contribution in [0.5, 0.6) is 0 Å². The molecule has 0 aliphatic carbocycles. The number of carboxylic acids is 2. The second kappa shape index (κ2) is 12.0. The van der Waals surface area contributed by atoms with E-state index in [9.17, 15) is 14.4 Å². The predicted molar refractivity (Wildman–Crippen MR) is 112 cm³/mol. The van der Waals surface area contributed by atoms with E-state index in [0.717, 1.165) is 37.3 Å². The van der Waals surface area contributed by atoms with E-state index in [0.29, 0.717) is 12.2 Å². The van der Waals surface area contributed by atoms with Gasteiger partial charge in [-0.3, -0.25) is 0 Å². The number of nitrogens with zero attached hydrogens (tertiary/aromatic N) is 1. The van der Waals surface area contributed by atoms with E-state index < -0.39 is 11.9 Å². The van der Waals surface area contributed by atoms with Crippen LogP contribution in [0.4, 0.5) is 16.2 Å². The summed E-state index contributed by atoms with van der Waals surface area (Å²) in [5.74, 6) is -2.51. The zero-order valence-corrected chi connectivity index (χ0v) is 16.3. The third-order valence-electron chi connectivity index (χ3n) is 4.10. The third-order valence-corrected chi connectivity index (χ3v) is 4.10. The van der Waals surface area contributed by atoms with Gasteiger partial charge < -0.3 is 20.3 Å². The molecule has 3 rings (SSSR count). The van der Waals surface area contributed by atoms with Gasteiger partial charge in [0.05, 0.1) is 11.4 Å². The van der Waals surface area contributed by atoms with Crippen molar-refractivity contribution in [1.29, 1.82) is 0 Å². The second-order valence-electron chi connectivity index (χ2n) is 6.37. The molecule has 1 fully saturated rings. The topological polar surface area (TPSA) is 116 Å². The SMILES string of the molecule is O=C(O)/C=C\C(=O)O.O=C(OC1CCCNC1)N(c1ccccc1)c1ccccc1. The van der Waals surface area contributed by atoms with Crippen molar-refractivity contribution in [3.8, 4) is 0 Å². The molecule has 0 radical (unpaired) electrons. The first-order chi connectivity index (χ1) is 14.5. The van der Waals surface area contributed by atoms with E-state index >= 15 is 0 Å². The smallest absolute Gasteiger partial charge is 0.419 e. The highest BCUT2D eigenvalue weighted by Gasteiger charge is 2.24. The summed E-state index contributed by atoms with van der Waals surface area (Å²) in [6.45, 7) is 1.72. The molecule has 8 heteroatoms. The molecule has 1 aliphatic rings. The minimum absolute atomic E-state index is 0.0591. The Morgan fingerprint density at radius 2 is 1.40 bits per heavy atom. The van der Waals surface area contributed by atoms with Crippen molar-refractivity contribution in [2.75, 3.05) is 18.0 Å². The number of aliphatic carboxylic acids is 2. The van der Waals surface area contributed by atoms with Crippen LogP contribution in [-0.4, -0.2) is 47.4 Å². The van der Waals surface area contributed by atoms with E-state index in [-0.39, 0.29) is 12.2 Å². The van der Waals surface area contributed by atoms with E-state index in [4.69, 9.17) is 14.9 Å². The maximum absolute atomic E-state index is 12.7. The highest BCUT2D eigenvalue weighted by molar-refractivity contribution is 5.96. The van der Waals surface area contributed by atoms with Crippen LogP contribution in [0, 0.1) is 0 Å². The lowest BCUT2D eigenvalue weighted by Gasteiger charge is -2.28. The molecule has 1 atom stereocenters. The van der Waals surface area contributed by atoms with Gasteiger partial charge in [0.1, 0.15) is 6.10 Å². The van der Waals surface area contributed by atoms with Crippen molar-refractivity contribution in [1.82, 2.24) is 5.32 Å². The van der Waals surface area contributed by atoms with Crippen molar-refractivity contribution >= 4 is 29.4 Å². The Hall–Kier alpha value is -3.65. The maximum Gasteiger partial charge on any atom is 0.419 e. The van der Waals surface area contributed by atoms with Gasteiger partial charge >= 0.3 is 18.0 Å². The summed E-state index contributed by atoms with van der Waals surface area (Å²) in [5, 5.41) is 18.9. The maximum atomic E-state index is 12.7. The summed E-state index contributed by atoms with van der Waals surface area (Å²) in [4.78, 5) is 33.4. The van der Waals surface area contributed by atoms with E-state index in [1.165, 1.54) is 0 Å². The van der Waals surface area contributed by atoms with Gasteiger partial charge in [-0.1, -0.05) is 36.4 Å². The van der Waals surface area contributed by atoms with Gasteiger partial charge in [-0.15, -0.1) is 0 Å². The van der Waals surface area contributed by atoms with Crippen LogP contribution in [0.25, 0.3) is 0 Å².